The number of benzene rings is 7. The molecule has 14 rings (SSSR count). The van der Waals surface area contributed by atoms with Crippen LogP contribution in [0.1, 0.15) is 25.0 Å². The van der Waals surface area contributed by atoms with Gasteiger partial charge in [0, 0.05) is 68.1 Å². The first-order valence-electron chi connectivity index (χ1n) is 17.6. The predicted molar refractivity (Wildman–Crippen MR) is 214 cm³/mol. The number of fused-ring (bicyclic) bond motifs is 14. The molecule has 50 heavy (non-hydrogen) atoms. The van der Waals surface area contributed by atoms with Gasteiger partial charge in [-0.15, -0.1) is 0 Å². The van der Waals surface area contributed by atoms with Crippen LogP contribution in [0.3, 0.4) is 0 Å². The number of nitrogens with zero attached hydrogens (tertiary/aromatic N) is 2. The fourth-order valence-corrected chi connectivity index (χ4v) is 13.4. The minimum absolute atomic E-state index is 0.199. The third-order valence-corrected chi connectivity index (χ3v) is 14.9. The van der Waals surface area contributed by atoms with Crippen molar-refractivity contribution in [3.05, 3.63) is 126 Å². The Balaban J connectivity index is 1.28. The summed E-state index contributed by atoms with van der Waals surface area (Å²) in [6.45, 7) is 5.28. The number of para-hydroxylation sites is 4. The van der Waals surface area contributed by atoms with Crippen LogP contribution in [0.4, 0.5) is 0 Å². The van der Waals surface area contributed by atoms with Gasteiger partial charge in [-0.1, -0.05) is 116 Å². The lowest BCUT2D eigenvalue weighted by atomic mass is 9.31. The van der Waals surface area contributed by atoms with Crippen molar-refractivity contribution < 1.29 is 0 Å². The van der Waals surface area contributed by atoms with Crippen molar-refractivity contribution in [1.29, 1.82) is 0 Å². The maximum atomic E-state index is 2.64. The van der Waals surface area contributed by atoms with E-state index in [9.17, 15) is 0 Å². The summed E-state index contributed by atoms with van der Waals surface area (Å²) in [7, 11) is 0. The van der Waals surface area contributed by atoms with E-state index in [1.54, 1.807) is 0 Å². The second kappa shape index (κ2) is 8.10. The van der Waals surface area contributed by atoms with Crippen molar-refractivity contribution in [3.63, 3.8) is 0 Å². The van der Waals surface area contributed by atoms with Crippen LogP contribution in [0.5, 0.6) is 0 Å². The molecule has 2 nitrogen and oxygen atoms in total. The van der Waals surface area contributed by atoms with Gasteiger partial charge in [-0.3, -0.25) is 0 Å². The van der Waals surface area contributed by atoms with E-state index in [2.05, 4.69) is 138 Å². The lowest BCUT2D eigenvalue weighted by molar-refractivity contribution is 0.651. The lowest BCUT2D eigenvalue weighted by Crippen LogP contribution is -2.65. The Hall–Kier alpha value is -5.10. The molecule has 0 amide bonds. The molecule has 0 radical (unpaired) electrons. The van der Waals surface area contributed by atoms with Crippen molar-refractivity contribution in [1.82, 2.24) is 8.80 Å². The van der Waals surface area contributed by atoms with Crippen LogP contribution in [-0.4, -0.2) is 15.5 Å². The van der Waals surface area contributed by atoms with Gasteiger partial charge in [0.25, 0.3) is 0 Å². The zero-order valence-corrected chi connectivity index (χ0v) is 28.9. The highest BCUT2D eigenvalue weighted by molar-refractivity contribution is 8.01. The number of hydrogen-bond acceptors (Lipinski definition) is 2. The summed E-state index contributed by atoms with van der Waals surface area (Å²) >= 11 is 3.99. The summed E-state index contributed by atoms with van der Waals surface area (Å²) in [6.07, 6.45) is 0. The van der Waals surface area contributed by atoms with E-state index in [0.29, 0.717) is 0 Å². The number of aromatic nitrogens is 2. The first-order valence-corrected chi connectivity index (χ1v) is 19.2. The van der Waals surface area contributed by atoms with Crippen LogP contribution in [-0.2, 0) is 5.41 Å². The van der Waals surface area contributed by atoms with Gasteiger partial charge in [0.2, 0.25) is 6.71 Å². The van der Waals surface area contributed by atoms with Crippen molar-refractivity contribution in [2.24, 2.45) is 0 Å². The molecule has 0 aliphatic carbocycles. The zero-order valence-electron chi connectivity index (χ0n) is 27.3. The van der Waals surface area contributed by atoms with Gasteiger partial charge in [0.05, 0.1) is 33.1 Å². The fraction of sp³-hybridized carbons (Fsp3) is 0.0667. The zero-order chi connectivity index (χ0) is 32.4. The molecule has 4 aromatic heterocycles. The molecule has 0 saturated carbocycles. The highest BCUT2D eigenvalue weighted by Crippen LogP contribution is 2.53. The molecule has 0 bridgehead atoms. The van der Waals surface area contributed by atoms with Crippen LogP contribution >= 0.6 is 23.5 Å². The Labute approximate surface area is 295 Å². The predicted octanol–water partition coefficient (Wildman–Crippen LogP) is 10.1. The van der Waals surface area contributed by atoms with Gasteiger partial charge in [0.15, 0.2) is 0 Å². The summed E-state index contributed by atoms with van der Waals surface area (Å²) in [5.74, 6) is 0. The van der Waals surface area contributed by atoms with Crippen LogP contribution in [0, 0.1) is 0 Å². The van der Waals surface area contributed by atoms with E-state index in [1.807, 2.05) is 23.5 Å². The van der Waals surface area contributed by atoms with E-state index < -0.39 is 0 Å². The molecule has 0 unspecified atom stereocenters. The van der Waals surface area contributed by atoms with Crippen molar-refractivity contribution >= 4 is 123 Å². The van der Waals surface area contributed by atoms with Gasteiger partial charge in [-0.2, -0.15) is 0 Å². The summed E-state index contributed by atoms with van der Waals surface area (Å²) < 4.78 is 5.28. The molecule has 5 heteroatoms. The largest absolute Gasteiger partial charge is 0.308 e. The number of rotatable bonds is 0. The molecular formula is C45H25BN2S2. The highest BCUT2D eigenvalue weighted by atomic mass is 32.2. The van der Waals surface area contributed by atoms with Gasteiger partial charge in [0.1, 0.15) is 0 Å². The van der Waals surface area contributed by atoms with E-state index in [-0.39, 0.29) is 12.1 Å². The van der Waals surface area contributed by atoms with Gasteiger partial charge in [-0.05, 0) is 63.9 Å². The van der Waals surface area contributed by atoms with E-state index >= 15 is 0 Å². The lowest BCUT2D eigenvalue weighted by Gasteiger charge is -2.45. The molecule has 0 atom stereocenters. The molecule has 0 spiro atoms. The highest BCUT2D eigenvalue weighted by Gasteiger charge is 2.51. The first-order chi connectivity index (χ1) is 24.6. The Morgan fingerprint density at radius 1 is 0.420 bits per heavy atom. The second-order valence-electron chi connectivity index (χ2n) is 15.2. The van der Waals surface area contributed by atoms with Crippen molar-refractivity contribution in [2.75, 3.05) is 0 Å². The van der Waals surface area contributed by atoms with Gasteiger partial charge >= 0.3 is 0 Å². The third kappa shape index (κ3) is 2.58. The maximum absolute atomic E-state index is 2.64. The van der Waals surface area contributed by atoms with Gasteiger partial charge < -0.3 is 8.80 Å². The molecule has 7 heterocycles. The molecule has 3 aliphatic rings. The van der Waals surface area contributed by atoms with E-state index in [4.69, 9.17) is 0 Å². The van der Waals surface area contributed by atoms with Crippen LogP contribution in [0.25, 0.3) is 76.2 Å². The Morgan fingerprint density at radius 2 is 0.840 bits per heavy atom. The standard InChI is InChI=1S/C45H25BN2S2/c1-45(2)36-39-34(20-28-26-14-7-12-24-22-10-3-5-16-30(22)47(41(24)26)43(28)36)49-32-18-9-19-33-38(32)46(39)40-35(50-33)21-29-27-15-8-13-25-23-11-4-6-17-31(23)48(42(25)27)44(29)37(40)45/h3-21H,1-2H3. The van der Waals surface area contributed by atoms with E-state index in [1.165, 1.54) is 123 Å². The molecule has 230 valence electrons. The quantitative estimate of drug-likeness (QED) is 0.149. The summed E-state index contributed by atoms with van der Waals surface area (Å²) in [6, 6.07) is 44.1. The first kappa shape index (κ1) is 25.8. The second-order valence-corrected chi connectivity index (χ2v) is 17.3. The average molecular weight is 669 g/mol. The summed E-state index contributed by atoms with van der Waals surface area (Å²) in [5, 5.41) is 10.8. The van der Waals surface area contributed by atoms with Crippen LogP contribution in [0.2, 0.25) is 0 Å². The normalized spacial score (nSPS) is 15.8. The minimum Gasteiger partial charge on any atom is -0.308 e. The Bertz CT molecular complexity index is 3200. The third-order valence-electron chi connectivity index (χ3n) is 12.6. The molecular weight excluding hydrogens is 643 g/mol. The molecule has 7 aromatic carbocycles. The maximum Gasteiger partial charge on any atom is 0.248 e. The summed E-state index contributed by atoms with van der Waals surface area (Å²) in [4.78, 5) is 5.67. The smallest absolute Gasteiger partial charge is 0.248 e. The Kier molecular flexibility index (Phi) is 4.18. The molecule has 0 N–H and O–H groups in total. The monoisotopic (exact) mass is 668 g/mol. The average Bonchev–Trinajstić information content (AvgIpc) is 3.86. The van der Waals surface area contributed by atoms with Crippen LogP contribution < -0.4 is 16.4 Å². The fourth-order valence-electron chi connectivity index (χ4n) is 10.9. The van der Waals surface area contributed by atoms with Crippen LogP contribution in [0.15, 0.2) is 135 Å². The number of hydrogen-bond donors (Lipinski definition) is 0. The van der Waals surface area contributed by atoms with E-state index in [0.717, 1.165) is 0 Å². The molecule has 0 saturated heterocycles. The summed E-state index contributed by atoms with van der Waals surface area (Å²) in [5.41, 5.74) is 15.4. The topological polar surface area (TPSA) is 8.82 Å². The molecule has 0 fully saturated rings. The SMILES string of the molecule is CC1(C)c2c3c(cc4c5cccc6c7ccccc7n(c24)c65)Sc2cccc4c2B3c2c(cc3c5cccc6c7ccccc7n(c3c21)c65)S4. The molecule has 3 aliphatic heterocycles. The minimum atomic E-state index is -0.286. The molecule has 11 aromatic rings. The van der Waals surface area contributed by atoms with Crippen molar-refractivity contribution in [3.8, 4) is 0 Å². The Morgan fingerprint density at radius 3 is 1.34 bits per heavy atom. The van der Waals surface area contributed by atoms with Crippen molar-refractivity contribution in [2.45, 2.75) is 38.8 Å². The van der Waals surface area contributed by atoms with Gasteiger partial charge in [-0.25, -0.2) is 0 Å².